The van der Waals surface area contributed by atoms with Crippen molar-refractivity contribution in [3.05, 3.63) is 27.3 Å². The minimum absolute atomic E-state index is 0.123. The van der Waals surface area contributed by atoms with Crippen LogP contribution in [0, 0.1) is 10.5 Å². The van der Waals surface area contributed by atoms with E-state index in [1.54, 1.807) is 6.92 Å². The number of carbonyl (C=O) groups is 1. The van der Waals surface area contributed by atoms with Gasteiger partial charge in [-0.3, -0.25) is 4.79 Å². The third-order valence-corrected chi connectivity index (χ3v) is 2.85. The molecule has 1 rings (SSSR count). The van der Waals surface area contributed by atoms with Crippen molar-refractivity contribution in [3.63, 3.8) is 0 Å². The zero-order chi connectivity index (χ0) is 11.4. The Morgan fingerprint density at radius 1 is 1.53 bits per heavy atom. The average molecular weight is 319 g/mol. The Bertz CT molecular complexity index is 366. The zero-order valence-corrected chi connectivity index (χ0v) is 11.2. The molecule has 0 spiro atoms. The number of hydrogen-bond donors (Lipinski definition) is 1. The van der Waals surface area contributed by atoms with E-state index in [0.717, 1.165) is 14.8 Å². The molecule has 0 bridgehead atoms. The fourth-order valence-electron chi connectivity index (χ4n) is 1.07. The number of carbonyl (C=O) groups excluding carboxylic acids is 1. The van der Waals surface area contributed by atoms with Crippen LogP contribution in [0.1, 0.15) is 12.5 Å². The van der Waals surface area contributed by atoms with Crippen molar-refractivity contribution >= 4 is 34.2 Å². The average Bonchev–Trinajstić information content (AvgIpc) is 2.22. The van der Waals surface area contributed by atoms with Gasteiger partial charge in [-0.2, -0.15) is 0 Å². The van der Waals surface area contributed by atoms with E-state index >= 15 is 0 Å². The highest BCUT2D eigenvalue weighted by Crippen LogP contribution is 2.18. The Kier molecular flexibility index (Phi) is 4.53. The number of rotatable bonds is 3. The molecule has 1 aromatic carbocycles. The van der Waals surface area contributed by atoms with Gasteiger partial charge in [0.2, 0.25) is 0 Å². The van der Waals surface area contributed by atoms with Gasteiger partial charge in [-0.15, -0.1) is 0 Å². The maximum Gasteiger partial charge on any atom is 0.253 e. The maximum absolute atomic E-state index is 11.6. The number of ether oxygens (including phenoxy) is 1. The van der Waals surface area contributed by atoms with E-state index in [2.05, 4.69) is 27.9 Å². The monoisotopic (exact) mass is 319 g/mol. The summed E-state index contributed by atoms with van der Waals surface area (Å²) in [6.07, 6.45) is -0.428. The van der Waals surface area contributed by atoms with Crippen molar-refractivity contribution in [2.75, 3.05) is 12.4 Å². The van der Waals surface area contributed by atoms with Gasteiger partial charge in [0.05, 0.1) is 0 Å². The second kappa shape index (κ2) is 5.46. The lowest BCUT2D eigenvalue weighted by Gasteiger charge is -2.12. The highest BCUT2D eigenvalue weighted by molar-refractivity contribution is 14.1. The van der Waals surface area contributed by atoms with E-state index in [0.29, 0.717) is 0 Å². The van der Waals surface area contributed by atoms with Gasteiger partial charge in [-0.1, -0.05) is 6.07 Å². The third kappa shape index (κ3) is 3.46. The number of hydrogen-bond acceptors (Lipinski definition) is 2. The van der Waals surface area contributed by atoms with E-state index in [9.17, 15) is 4.79 Å². The van der Waals surface area contributed by atoms with Gasteiger partial charge in [0, 0.05) is 16.4 Å². The molecule has 3 nitrogen and oxygen atoms in total. The Morgan fingerprint density at radius 2 is 2.20 bits per heavy atom. The molecule has 1 unspecified atom stereocenters. The predicted molar refractivity (Wildman–Crippen MR) is 69.0 cm³/mol. The summed E-state index contributed by atoms with van der Waals surface area (Å²) in [6, 6.07) is 5.93. The van der Waals surface area contributed by atoms with Crippen LogP contribution >= 0.6 is 22.6 Å². The van der Waals surface area contributed by atoms with Crippen LogP contribution in [0.15, 0.2) is 18.2 Å². The van der Waals surface area contributed by atoms with Crippen LogP contribution < -0.4 is 5.32 Å². The molecular weight excluding hydrogens is 305 g/mol. The van der Waals surface area contributed by atoms with Crippen molar-refractivity contribution in [2.24, 2.45) is 0 Å². The molecule has 0 radical (unpaired) electrons. The summed E-state index contributed by atoms with van der Waals surface area (Å²) in [4.78, 5) is 11.6. The SMILES string of the molecule is COC(C)C(=O)Nc1cc(I)ccc1C. The quantitative estimate of drug-likeness (QED) is 0.870. The fourth-order valence-corrected chi connectivity index (χ4v) is 1.56. The first-order valence-corrected chi connectivity index (χ1v) is 5.72. The van der Waals surface area contributed by atoms with E-state index in [4.69, 9.17) is 4.74 Å². The Balaban J connectivity index is 2.80. The lowest BCUT2D eigenvalue weighted by atomic mass is 10.2. The van der Waals surface area contributed by atoms with Gasteiger partial charge < -0.3 is 10.1 Å². The van der Waals surface area contributed by atoms with Crippen molar-refractivity contribution in [1.29, 1.82) is 0 Å². The number of methoxy groups -OCH3 is 1. The summed E-state index contributed by atoms with van der Waals surface area (Å²) in [5, 5.41) is 2.83. The summed E-state index contributed by atoms with van der Waals surface area (Å²) in [7, 11) is 1.52. The van der Waals surface area contributed by atoms with Crippen LogP contribution in [0.25, 0.3) is 0 Å². The molecule has 0 aliphatic heterocycles. The predicted octanol–water partition coefficient (Wildman–Crippen LogP) is 2.57. The topological polar surface area (TPSA) is 38.3 Å². The van der Waals surface area contributed by atoms with Gasteiger partial charge in [0.1, 0.15) is 6.10 Å². The molecule has 0 fully saturated rings. The molecule has 1 amide bonds. The number of benzene rings is 1. The van der Waals surface area contributed by atoms with Crippen molar-refractivity contribution < 1.29 is 9.53 Å². The summed E-state index contributed by atoms with van der Waals surface area (Å²) < 4.78 is 6.04. The molecule has 0 aliphatic carbocycles. The summed E-state index contributed by atoms with van der Waals surface area (Å²) >= 11 is 2.21. The van der Waals surface area contributed by atoms with Crippen LogP contribution in [0.4, 0.5) is 5.69 Å². The highest BCUT2D eigenvalue weighted by atomic mass is 127. The van der Waals surface area contributed by atoms with Crippen molar-refractivity contribution in [1.82, 2.24) is 0 Å². The normalized spacial score (nSPS) is 12.3. The molecule has 1 aromatic rings. The molecule has 1 N–H and O–H groups in total. The smallest absolute Gasteiger partial charge is 0.253 e. The minimum atomic E-state index is -0.428. The number of nitrogens with one attached hydrogen (secondary N) is 1. The molecule has 1 atom stereocenters. The first-order valence-electron chi connectivity index (χ1n) is 4.64. The molecule has 0 heterocycles. The summed E-state index contributed by atoms with van der Waals surface area (Å²) in [5.74, 6) is -0.123. The third-order valence-electron chi connectivity index (χ3n) is 2.18. The molecule has 0 aromatic heterocycles. The maximum atomic E-state index is 11.6. The van der Waals surface area contributed by atoms with Crippen molar-refractivity contribution in [3.8, 4) is 0 Å². The number of anilines is 1. The van der Waals surface area contributed by atoms with Crippen LogP contribution in [0.2, 0.25) is 0 Å². The van der Waals surface area contributed by atoms with E-state index in [1.807, 2.05) is 25.1 Å². The van der Waals surface area contributed by atoms with E-state index in [-0.39, 0.29) is 5.91 Å². The second-order valence-electron chi connectivity index (χ2n) is 3.33. The molecular formula is C11H14INO2. The zero-order valence-electron chi connectivity index (χ0n) is 9.00. The van der Waals surface area contributed by atoms with Gasteiger partial charge in [-0.05, 0) is 54.1 Å². The Labute approximate surface area is 103 Å². The number of halogens is 1. The first-order chi connectivity index (χ1) is 7.04. The molecule has 15 heavy (non-hydrogen) atoms. The Hall–Kier alpha value is -0.620. The lowest BCUT2D eigenvalue weighted by Crippen LogP contribution is -2.26. The first kappa shape index (κ1) is 12.4. The van der Waals surface area contributed by atoms with Crippen LogP contribution in [0.5, 0.6) is 0 Å². The van der Waals surface area contributed by atoms with Crippen molar-refractivity contribution in [2.45, 2.75) is 20.0 Å². The van der Waals surface area contributed by atoms with Gasteiger partial charge in [0.25, 0.3) is 5.91 Å². The molecule has 0 aliphatic rings. The summed E-state index contributed by atoms with van der Waals surface area (Å²) in [6.45, 7) is 3.68. The molecule has 4 heteroatoms. The highest BCUT2D eigenvalue weighted by Gasteiger charge is 2.12. The largest absolute Gasteiger partial charge is 0.372 e. The van der Waals surface area contributed by atoms with Crippen LogP contribution in [-0.4, -0.2) is 19.1 Å². The molecule has 82 valence electrons. The number of amides is 1. The van der Waals surface area contributed by atoms with Crippen LogP contribution in [-0.2, 0) is 9.53 Å². The molecule has 0 saturated carbocycles. The van der Waals surface area contributed by atoms with Gasteiger partial charge in [-0.25, -0.2) is 0 Å². The summed E-state index contributed by atoms with van der Waals surface area (Å²) in [5.41, 5.74) is 1.89. The fraction of sp³-hybridized carbons (Fsp3) is 0.364. The van der Waals surface area contributed by atoms with E-state index < -0.39 is 6.10 Å². The second-order valence-corrected chi connectivity index (χ2v) is 4.57. The standard InChI is InChI=1S/C11H14INO2/c1-7-4-5-9(12)6-10(7)13-11(14)8(2)15-3/h4-6,8H,1-3H3,(H,13,14). The lowest BCUT2D eigenvalue weighted by molar-refractivity contribution is -0.124. The van der Waals surface area contributed by atoms with Crippen LogP contribution in [0.3, 0.4) is 0 Å². The Morgan fingerprint density at radius 3 is 2.80 bits per heavy atom. The van der Waals surface area contributed by atoms with E-state index in [1.165, 1.54) is 7.11 Å². The number of aryl methyl sites for hydroxylation is 1. The molecule has 0 saturated heterocycles. The van der Waals surface area contributed by atoms with Gasteiger partial charge >= 0.3 is 0 Å². The minimum Gasteiger partial charge on any atom is -0.372 e. The van der Waals surface area contributed by atoms with Gasteiger partial charge in [0.15, 0.2) is 0 Å².